The first-order chi connectivity index (χ1) is 18.5. The first-order valence-electron chi connectivity index (χ1n) is 12.9. The number of carbonyl (C=O) groups excluding carboxylic acids is 2. The standard InChI is InChI=1S/C33H32N2O2S/c1-24-17-19-28(20-18-24)38-33(32(37)34-22-26-12-5-3-6-13-26)21-30(36)35(23-27-14-7-4-8-15-27)31(33)29-16-10-9-11-25(29)2/h3-20,31H,21-23H2,1-2H3,(H,34,37). The maximum Gasteiger partial charge on any atom is 0.239 e. The zero-order chi connectivity index (χ0) is 26.5. The second-order valence-electron chi connectivity index (χ2n) is 9.92. The van der Waals surface area contributed by atoms with Gasteiger partial charge in [-0.25, -0.2) is 0 Å². The number of hydrogen-bond acceptors (Lipinski definition) is 3. The van der Waals surface area contributed by atoms with Crippen molar-refractivity contribution in [2.75, 3.05) is 0 Å². The highest BCUT2D eigenvalue weighted by atomic mass is 32.2. The van der Waals surface area contributed by atoms with Crippen molar-refractivity contribution in [3.63, 3.8) is 0 Å². The molecule has 192 valence electrons. The van der Waals surface area contributed by atoms with Crippen LogP contribution in [0.2, 0.25) is 0 Å². The van der Waals surface area contributed by atoms with Crippen LogP contribution in [-0.2, 0) is 22.7 Å². The predicted octanol–water partition coefficient (Wildman–Crippen LogP) is 6.62. The highest BCUT2D eigenvalue weighted by Crippen LogP contribution is 2.53. The normalized spacial score (nSPS) is 18.9. The molecule has 1 saturated heterocycles. The molecule has 2 amide bonds. The topological polar surface area (TPSA) is 49.4 Å². The van der Waals surface area contributed by atoms with Gasteiger partial charge in [0.05, 0.1) is 12.5 Å². The quantitative estimate of drug-likeness (QED) is 0.284. The number of thioether (sulfide) groups is 1. The molecule has 5 heteroatoms. The Bertz CT molecular complexity index is 1410. The minimum Gasteiger partial charge on any atom is -0.351 e. The van der Waals surface area contributed by atoms with E-state index in [2.05, 4.69) is 36.5 Å². The van der Waals surface area contributed by atoms with Gasteiger partial charge in [-0.05, 0) is 48.2 Å². The van der Waals surface area contributed by atoms with Crippen LogP contribution in [0.5, 0.6) is 0 Å². The summed E-state index contributed by atoms with van der Waals surface area (Å²) in [7, 11) is 0. The molecular formula is C33H32N2O2S. The van der Waals surface area contributed by atoms with Gasteiger partial charge in [-0.2, -0.15) is 0 Å². The van der Waals surface area contributed by atoms with E-state index in [1.807, 2.05) is 96.8 Å². The van der Waals surface area contributed by atoms with Crippen LogP contribution >= 0.6 is 11.8 Å². The number of aryl methyl sites for hydroxylation is 2. The Balaban J connectivity index is 1.60. The van der Waals surface area contributed by atoms with Gasteiger partial charge in [0.25, 0.3) is 0 Å². The third-order valence-electron chi connectivity index (χ3n) is 7.17. The molecule has 38 heavy (non-hydrogen) atoms. The molecule has 1 aliphatic heterocycles. The fourth-order valence-electron chi connectivity index (χ4n) is 5.18. The van der Waals surface area contributed by atoms with Crippen molar-refractivity contribution in [2.45, 2.75) is 49.0 Å². The van der Waals surface area contributed by atoms with E-state index in [4.69, 9.17) is 0 Å². The number of likely N-dealkylation sites (tertiary alicyclic amines) is 1. The molecule has 4 aromatic carbocycles. The second kappa shape index (κ2) is 11.3. The molecule has 4 aromatic rings. The van der Waals surface area contributed by atoms with Gasteiger partial charge in [0.2, 0.25) is 11.8 Å². The van der Waals surface area contributed by atoms with Gasteiger partial charge in [-0.15, -0.1) is 11.8 Å². The summed E-state index contributed by atoms with van der Waals surface area (Å²) >= 11 is 1.51. The Morgan fingerprint density at radius 2 is 1.45 bits per heavy atom. The largest absolute Gasteiger partial charge is 0.351 e. The first-order valence-corrected chi connectivity index (χ1v) is 13.7. The smallest absolute Gasteiger partial charge is 0.239 e. The van der Waals surface area contributed by atoms with Crippen molar-refractivity contribution in [3.05, 3.63) is 137 Å². The highest BCUT2D eigenvalue weighted by molar-refractivity contribution is 8.01. The zero-order valence-electron chi connectivity index (χ0n) is 21.8. The molecule has 0 saturated carbocycles. The van der Waals surface area contributed by atoms with Crippen LogP contribution in [0, 0.1) is 13.8 Å². The molecule has 2 unspecified atom stereocenters. The van der Waals surface area contributed by atoms with Crippen LogP contribution in [-0.4, -0.2) is 21.5 Å². The van der Waals surface area contributed by atoms with Crippen molar-refractivity contribution >= 4 is 23.6 Å². The van der Waals surface area contributed by atoms with Gasteiger partial charge >= 0.3 is 0 Å². The van der Waals surface area contributed by atoms with E-state index < -0.39 is 10.8 Å². The average Bonchev–Trinajstić information content (AvgIpc) is 3.21. The number of nitrogens with one attached hydrogen (secondary N) is 1. The van der Waals surface area contributed by atoms with Crippen LogP contribution in [0.1, 0.15) is 40.3 Å². The Morgan fingerprint density at radius 1 is 0.842 bits per heavy atom. The third kappa shape index (κ3) is 5.39. The van der Waals surface area contributed by atoms with Gasteiger partial charge in [-0.1, -0.05) is 103 Å². The number of benzene rings is 4. The summed E-state index contributed by atoms with van der Waals surface area (Å²) in [5.41, 5.74) is 5.29. The van der Waals surface area contributed by atoms with E-state index in [1.54, 1.807) is 0 Å². The van der Waals surface area contributed by atoms with Crippen LogP contribution < -0.4 is 5.32 Å². The Hall–Kier alpha value is -3.83. The monoisotopic (exact) mass is 520 g/mol. The molecule has 4 nitrogen and oxygen atoms in total. The van der Waals surface area contributed by atoms with Crippen LogP contribution in [0.4, 0.5) is 0 Å². The molecule has 1 N–H and O–H groups in total. The summed E-state index contributed by atoms with van der Waals surface area (Å²) in [6.07, 6.45) is 0.123. The summed E-state index contributed by atoms with van der Waals surface area (Å²) in [6, 6.07) is 35.8. The number of carbonyl (C=O) groups is 2. The SMILES string of the molecule is Cc1ccc(SC2(C(=O)NCc3ccccc3)CC(=O)N(Cc3ccccc3)C2c2ccccc2C)cc1. The molecule has 0 aromatic heterocycles. The molecule has 1 fully saturated rings. The average molecular weight is 521 g/mol. The summed E-state index contributed by atoms with van der Waals surface area (Å²) in [6.45, 7) is 4.96. The van der Waals surface area contributed by atoms with Crippen molar-refractivity contribution in [1.82, 2.24) is 10.2 Å². The fourth-order valence-corrected chi connectivity index (χ4v) is 6.60. The predicted molar refractivity (Wildman–Crippen MR) is 154 cm³/mol. The van der Waals surface area contributed by atoms with E-state index in [9.17, 15) is 9.59 Å². The van der Waals surface area contributed by atoms with E-state index in [-0.39, 0.29) is 18.2 Å². The lowest BCUT2D eigenvalue weighted by Crippen LogP contribution is -2.48. The Morgan fingerprint density at radius 3 is 2.11 bits per heavy atom. The molecule has 2 atom stereocenters. The van der Waals surface area contributed by atoms with E-state index >= 15 is 0 Å². The first kappa shape index (κ1) is 25.8. The number of nitrogens with zero attached hydrogens (tertiary/aromatic N) is 1. The van der Waals surface area contributed by atoms with Gasteiger partial charge < -0.3 is 10.2 Å². The van der Waals surface area contributed by atoms with Gasteiger partial charge in [0, 0.05) is 18.0 Å². The second-order valence-corrected chi connectivity index (χ2v) is 11.3. The van der Waals surface area contributed by atoms with Crippen molar-refractivity contribution in [1.29, 1.82) is 0 Å². The minimum atomic E-state index is -1.04. The summed E-state index contributed by atoms with van der Waals surface area (Å²) < 4.78 is -1.04. The van der Waals surface area contributed by atoms with Crippen LogP contribution in [0.15, 0.2) is 114 Å². The Kier molecular flexibility index (Phi) is 7.66. The van der Waals surface area contributed by atoms with Gasteiger partial charge in [0.1, 0.15) is 4.75 Å². The maximum absolute atomic E-state index is 14.3. The zero-order valence-corrected chi connectivity index (χ0v) is 22.6. The molecule has 1 heterocycles. The third-order valence-corrected chi connectivity index (χ3v) is 8.59. The lowest BCUT2D eigenvalue weighted by Gasteiger charge is -2.37. The molecular weight excluding hydrogens is 488 g/mol. The number of amides is 2. The summed E-state index contributed by atoms with van der Waals surface area (Å²) in [5.74, 6) is -0.138. The number of rotatable bonds is 8. The molecule has 1 aliphatic rings. The molecule has 0 spiro atoms. The van der Waals surface area contributed by atoms with Gasteiger partial charge in [0.15, 0.2) is 0 Å². The highest BCUT2D eigenvalue weighted by Gasteiger charge is 2.58. The van der Waals surface area contributed by atoms with Gasteiger partial charge in [-0.3, -0.25) is 9.59 Å². The summed E-state index contributed by atoms with van der Waals surface area (Å²) in [5, 5.41) is 3.20. The van der Waals surface area contributed by atoms with Crippen molar-refractivity contribution in [2.24, 2.45) is 0 Å². The molecule has 0 bridgehead atoms. The molecule has 0 radical (unpaired) electrons. The van der Waals surface area contributed by atoms with Crippen molar-refractivity contribution < 1.29 is 9.59 Å². The fraction of sp³-hybridized carbons (Fsp3) is 0.212. The Labute approximate surface area is 229 Å². The summed E-state index contributed by atoms with van der Waals surface area (Å²) in [4.78, 5) is 31.1. The van der Waals surface area contributed by atoms with E-state index in [1.165, 1.54) is 11.8 Å². The molecule has 5 rings (SSSR count). The van der Waals surface area contributed by atoms with Crippen LogP contribution in [0.25, 0.3) is 0 Å². The lowest BCUT2D eigenvalue weighted by atomic mass is 9.89. The van der Waals surface area contributed by atoms with Crippen LogP contribution in [0.3, 0.4) is 0 Å². The lowest BCUT2D eigenvalue weighted by molar-refractivity contribution is -0.129. The minimum absolute atomic E-state index is 0.0171. The van der Waals surface area contributed by atoms with E-state index in [0.717, 1.165) is 32.7 Å². The maximum atomic E-state index is 14.3. The number of hydrogen-bond donors (Lipinski definition) is 1. The van der Waals surface area contributed by atoms with Crippen molar-refractivity contribution in [3.8, 4) is 0 Å². The van der Waals surface area contributed by atoms with E-state index in [0.29, 0.717) is 13.1 Å². The molecule has 0 aliphatic carbocycles.